The summed E-state index contributed by atoms with van der Waals surface area (Å²) < 4.78 is 1.83. The fourth-order valence-corrected chi connectivity index (χ4v) is 3.86. The van der Waals surface area contributed by atoms with E-state index in [4.69, 9.17) is 16.6 Å². The molecule has 0 unspecified atom stereocenters. The monoisotopic (exact) mass is 414 g/mol. The Morgan fingerprint density at radius 1 is 1.21 bits per heavy atom. The summed E-state index contributed by atoms with van der Waals surface area (Å²) >= 11 is 6.47. The third kappa shape index (κ3) is 4.02. The number of benzene rings is 1. The van der Waals surface area contributed by atoms with E-state index in [1.54, 1.807) is 0 Å². The highest BCUT2D eigenvalue weighted by atomic mass is 35.5. The van der Waals surface area contributed by atoms with E-state index in [1.165, 1.54) is 0 Å². The predicted molar refractivity (Wildman–Crippen MR) is 117 cm³/mol. The molecule has 29 heavy (non-hydrogen) atoms. The van der Waals surface area contributed by atoms with Gasteiger partial charge in [0.15, 0.2) is 5.65 Å². The maximum absolute atomic E-state index is 12.1. The predicted octanol–water partition coefficient (Wildman–Crippen LogP) is 2.74. The van der Waals surface area contributed by atoms with Crippen molar-refractivity contribution in [1.82, 2.24) is 24.8 Å². The number of aryl methyl sites for hydroxylation is 1. The van der Waals surface area contributed by atoms with E-state index in [-0.39, 0.29) is 5.91 Å². The summed E-state index contributed by atoms with van der Waals surface area (Å²) in [4.78, 5) is 21.5. The Bertz CT molecular complexity index is 1040. The normalized spacial score (nSPS) is 15.6. The Labute approximate surface area is 175 Å². The van der Waals surface area contributed by atoms with Crippen molar-refractivity contribution in [2.75, 3.05) is 44.2 Å². The first-order valence-corrected chi connectivity index (χ1v) is 10.5. The number of nitrogens with zero attached hydrogens (tertiary/aromatic N) is 5. The highest BCUT2D eigenvalue weighted by Crippen LogP contribution is 2.30. The summed E-state index contributed by atoms with van der Waals surface area (Å²) in [6, 6.07) is 8.15. The van der Waals surface area contributed by atoms with Crippen molar-refractivity contribution in [3.05, 3.63) is 35.0 Å². The molecule has 7 nitrogen and oxygen atoms in total. The number of hydrogen-bond donors (Lipinski definition) is 1. The number of carbonyl (C=O) groups excluding carboxylic acids is 1. The van der Waals surface area contributed by atoms with Crippen molar-refractivity contribution in [2.45, 2.75) is 20.8 Å². The van der Waals surface area contributed by atoms with Crippen molar-refractivity contribution < 1.29 is 4.79 Å². The minimum atomic E-state index is 0.0960. The minimum absolute atomic E-state index is 0.0960. The van der Waals surface area contributed by atoms with Crippen LogP contribution in [-0.4, -0.2) is 64.7 Å². The van der Waals surface area contributed by atoms with Gasteiger partial charge in [-0.25, -0.2) is 9.50 Å². The smallest absolute Gasteiger partial charge is 0.234 e. The average molecular weight is 415 g/mol. The second kappa shape index (κ2) is 8.16. The van der Waals surface area contributed by atoms with Gasteiger partial charge in [-0.2, -0.15) is 5.10 Å². The van der Waals surface area contributed by atoms with Gasteiger partial charge in [0.25, 0.3) is 0 Å². The molecule has 1 aromatic carbocycles. The third-order valence-corrected chi connectivity index (χ3v) is 5.74. The van der Waals surface area contributed by atoms with Crippen molar-refractivity contribution >= 4 is 39.9 Å². The van der Waals surface area contributed by atoms with Gasteiger partial charge in [-0.3, -0.25) is 9.69 Å². The molecule has 4 rings (SSSR count). The molecule has 2 aromatic heterocycles. The number of carbonyl (C=O) groups is 1. The molecule has 1 fully saturated rings. The first kappa shape index (κ1) is 19.9. The van der Waals surface area contributed by atoms with Crippen LogP contribution < -0.4 is 10.2 Å². The average Bonchev–Trinajstić information content (AvgIpc) is 3.01. The van der Waals surface area contributed by atoms with Crippen LogP contribution in [0.5, 0.6) is 0 Å². The number of fused-ring (bicyclic) bond motifs is 3. The number of halogens is 1. The molecule has 1 amide bonds. The topological polar surface area (TPSA) is 65.8 Å². The van der Waals surface area contributed by atoms with E-state index in [1.807, 2.05) is 29.6 Å². The summed E-state index contributed by atoms with van der Waals surface area (Å²) in [7, 11) is 0. The SMILES string of the molecule is Cc1nn2c(nc(N3CCN(CC(=O)NCC(C)C)CC3)c3ccccc32)c1Cl. The number of piperazine rings is 1. The van der Waals surface area contributed by atoms with Crippen LogP contribution in [0, 0.1) is 12.8 Å². The quantitative estimate of drug-likeness (QED) is 0.695. The summed E-state index contributed by atoms with van der Waals surface area (Å²) in [5.41, 5.74) is 2.46. The van der Waals surface area contributed by atoms with Crippen LogP contribution in [0.2, 0.25) is 5.02 Å². The lowest BCUT2D eigenvalue weighted by Gasteiger charge is -2.35. The molecule has 0 aliphatic carbocycles. The second-order valence-electron chi connectivity index (χ2n) is 8.05. The van der Waals surface area contributed by atoms with Crippen LogP contribution in [0.4, 0.5) is 5.82 Å². The molecule has 0 radical (unpaired) electrons. The van der Waals surface area contributed by atoms with E-state index >= 15 is 0 Å². The van der Waals surface area contributed by atoms with Crippen molar-refractivity contribution in [3.63, 3.8) is 0 Å². The van der Waals surface area contributed by atoms with Gasteiger partial charge >= 0.3 is 0 Å². The van der Waals surface area contributed by atoms with Crippen LogP contribution in [0.25, 0.3) is 16.6 Å². The van der Waals surface area contributed by atoms with Crippen molar-refractivity contribution in [2.24, 2.45) is 5.92 Å². The second-order valence-corrected chi connectivity index (χ2v) is 8.43. The first-order valence-electron chi connectivity index (χ1n) is 10.1. The molecule has 154 valence electrons. The minimum Gasteiger partial charge on any atom is -0.355 e. The van der Waals surface area contributed by atoms with Crippen LogP contribution in [0.15, 0.2) is 24.3 Å². The molecule has 8 heteroatoms. The Kier molecular flexibility index (Phi) is 5.61. The number of anilines is 1. The molecule has 1 aliphatic rings. The lowest BCUT2D eigenvalue weighted by Crippen LogP contribution is -2.50. The molecule has 0 spiro atoms. The fraction of sp³-hybridized carbons (Fsp3) is 0.476. The molecule has 1 N–H and O–H groups in total. The summed E-state index contributed by atoms with van der Waals surface area (Å²) in [5, 5.41) is 9.20. The molecule has 0 atom stereocenters. The number of nitrogens with one attached hydrogen (secondary N) is 1. The summed E-state index contributed by atoms with van der Waals surface area (Å²) in [5.74, 6) is 1.49. The lowest BCUT2D eigenvalue weighted by molar-refractivity contribution is -0.122. The van der Waals surface area contributed by atoms with Gasteiger partial charge in [0.05, 0.1) is 17.8 Å². The van der Waals surface area contributed by atoms with E-state index < -0.39 is 0 Å². The first-order chi connectivity index (χ1) is 13.9. The van der Waals surface area contributed by atoms with E-state index in [9.17, 15) is 4.79 Å². The molecule has 3 aromatic rings. The van der Waals surface area contributed by atoms with E-state index in [2.05, 4.69) is 40.1 Å². The van der Waals surface area contributed by atoms with Crippen molar-refractivity contribution in [3.8, 4) is 0 Å². The molecule has 1 saturated heterocycles. The zero-order valence-electron chi connectivity index (χ0n) is 17.2. The van der Waals surface area contributed by atoms with E-state index in [0.29, 0.717) is 23.1 Å². The number of amides is 1. The van der Waals surface area contributed by atoms with Gasteiger partial charge in [-0.1, -0.05) is 37.6 Å². The molecule has 3 heterocycles. The van der Waals surface area contributed by atoms with Crippen LogP contribution >= 0.6 is 11.6 Å². The Morgan fingerprint density at radius 2 is 1.93 bits per heavy atom. The maximum Gasteiger partial charge on any atom is 0.234 e. The fourth-order valence-electron chi connectivity index (χ4n) is 3.70. The van der Waals surface area contributed by atoms with Crippen molar-refractivity contribution in [1.29, 1.82) is 0 Å². The Hall–Kier alpha value is -2.38. The van der Waals surface area contributed by atoms with Crippen LogP contribution in [0.3, 0.4) is 0 Å². The maximum atomic E-state index is 12.1. The highest BCUT2D eigenvalue weighted by Gasteiger charge is 2.23. The molecule has 1 aliphatic heterocycles. The van der Waals surface area contributed by atoms with Gasteiger partial charge in [0.1, 0.15) is 10.8 Å². The lowest BCUT2D eigenvalue weighted by atomic mass is 10.2. The van der Waals surface area contributed by atoms with Crippen LogP contribution in [-0.2, 0) is 4.79 Å². The van der Waals surface area contributed by atoms with Gasteiger partial charge < -0.3 is 10.2 Å². The molecule has 0 bridgehead atoms. The molecule has 0 saturated carbocycles. The van der Waals surface area contributed by atoms with Gasteiger partial charge in [0.2, 0.25) is 5.91 Å². The number of hydrogen-bond acceptors (Lipinski definition) is 5. The summed E-state index contributed by atoms with van der Waals surface area (Å²) in [6.07, 6.45) is 0. The zero-order chi connectivity index (χ0) is 20.5. The largest absolute Gasteiger partial charge is 0.355 e. The number of aromatic nitrogens is 3. The Morgan fingerprint density at radius 3 is 2.66 bits per heavy atom. The standard InChI is InChI=1S/C21H27ClN6O/c1-14(2)12-23-18(29)13-26-8-10-27(11-9-26)20-16-6-4-5-7-17(16)28-21(24-20)19(22)15(3)25-28/h4-7,14H,8-13H2,1-3H3,(H,23,29). The summed E-state index contributed by atoms with van der Waals surface area (Å²) in [6.45, 7) is 10.5. The third-order valence-electron chi connectivity index (χ3n) is 5.30. The number of para-hydroxylation sites is 1. The van der Waals surface area contributed by atoms with Gasteiger partial charge in [-0.15, -0.1) is 0 Å². The number of rotatable bonds is 5. The highest BCUT2D eigenvalue weighted by molar-refractivity contribution is 6.34. The van der Waals surface area contributed by atoms with Gasteiger partial charge in [0, 0.05) is 38.1 Å². The zero-order valence-corrected chi connectivity index (χ0v) is 17.9. The van der Waals surface area contributed by atoms with Gasteiger partial charge in [-0.05, 0) is 25.0 Å². The Balaban J connectivity index is 1.54. The molecular formula is C21H27ClN6O. The van der Waals surface area contributed by atoms with Crippen LogP contribution in [0.1, 0.15) is 19.5 Å². The van der Waals surface area contributed by atoms with E-state index in [0.717, 1.165) is 55.1 Å². The molecular weight excluding hydrogens is 388 g/mol.